The molecule has 1 aliphatic rings. The lowest BCUT2D eigenvalue weighted by Gasteiger charge is -2.29. The minimum Gasteiger partial charge on any atom is -0.459 e. The third kappa shape index (κ3) is 4.80. The van der Waals surface area contributed by atoms with Crippen molar-refractivity contribution in [2.24, 2.45) is 0 Å². The van der Waals surface area contributed by atoms with Gasteiger partial charge in [0.2, 0.25) is 0 Å². The SMILES string of the molecule is C[C@@]1(Cl)[C@H](OC(=O)c2ccccc2)[C@@H](COC(=O)c2ccccc2)O[C@H]1n1ccc(=O)[nH]c1=O. The van der Waals surface area contributed by atoms with Crippen molar-refractivity contribution in [1.82, 2.24) is 9.55 Å². The summed E-state index contributed by atoms with van der Waals surface area (Å²) in [6.45, 7) is 1.25. The van der Waals surface area contributed by atoms with Crippen LogP contribution in [0.3, 0.4) is 0 Å². The topological polar surface area (TPSA) is 117 Å². The lowest BCUT2D eigenvalue weighted by atomic mass is 10.0. The Morgan fingerprint density at radius 3 is 2.18 bits per heavy atom. The molecule has 34 heavy (non-hydrogen) atoms. The number of aromatic amines is 1. The Hall–Kier alpha value is -3.69. The summed E-state index contributed by atoms with van der Waals surface area (Å²) >= 11 is 6.81. The first-order valence-corrected chi connectivity index (χ1v) is 10.8. The van der Waals surface area contributed by atoms with Crippen LogP contribution >= 0.6 is 11.6 Å². The fourth-order valence-corrected chi connectivity index (χ4v) is 4.06. The van der Waals surface area contributed by atoms with E-state index in [4.69, 9.17) is 25.8 Å². The number of nitrogens with one attached hydrogen (secondary N) is 1. The Kier molecular flexibility index (Phi) is 6.67. The molecule has 2 aromatic carbocycles. The van der Waals surface area contributed by atoms with Crippen molar-refractivity contribution in [3.05, 3.63) is 105 Å². The van der Waals surface area contributed by atoms with Gasteiger partial charge in [-0.3, -0.25) is 14.3 Å². The van der Waals surface area contributed by atoms with E-state index in [9.17, 15) is 19.2 Å². The van der Waals surface area contributed by atoms with Gasteiger partial charge in [0.15, 0.2) is 12.3 Å². The van der Waals surface area contributed by atoms with Crippen molar-refractivity contribution in [2.45, 2.75) is 30.2 Å². The molecule has 4 rings (SSSR count). The van der Waals surface area contributed by atoms with Crippen LogP contribution < -0.4 is 11.2 Å². The summed E-state index contributed by atoms with van der Waals surface area (Å²) in [5.41, 5.74) is -0.713. The number of ether oxygens (including phenoxy) is 3. The van der Waals surface area contributed by atoms with Gasteiger partial charge < -0.3 is 14.2 Å². The summed E-state index contributed by atoms with van der Waals surface area (Å²) in [4.78, 5) is 49.8. The zero-order chi connectivity index (χ0) is 24.3. The van der Waals surface area contributed by atoms with Gasteiger partial charge in [-0.15, -0.1) is 11.6 Å². The minimum absolute atomic E-state index is 0.291. The van der Waals surface area contributed by atoms with E-state index in [1.807, 2.05) is 0 Å². The fraction of sp³-hybridized carbons (Fsp3) is 0.250. The van der Waals surface area contributed by atoms with Crippen LogP contribution in [0.15, 0.2) is 82.5 Å². The molecule has 1 fully saturated rings. The average molecular weight is 485 g/mol. The third-order valence-electron chi connectivity index (χ3n) is 5.42. The number of H-pyrrole nitrogens is 1. The second-order valence-corrected chi connectivity index (χ2v) is 8.67. The van der Waals surface area contributed by atoms with Crippen molar-refractivity contribution in [1.29, 1.82) is 0 Å². The van der Waals surface area contributed by atoms with Gasteiger partial charge in [0, 0.05) is 12.3 Å². The van der Waals surface area contributed by atoms with Gasteiger partial charge in [-0.1, -0.05) is 36.4 Å². The number of carbonyl (C=O) groups excluding carboxylic acids is 2. The fourth-order valence-electron chi connectivity index (χ4n) is 3.71. The number of hydrogen-bond donors (Lipinski definition) is 1. The number of carbonyl (C=O) groups is 2. The highest BCUT2D eigenvalue weighted by molar-refractivity contribution is 6.24. The highest BCUT2D eigenvalue weighted by atomic mass is 35.5. The average Bonchev–Trinajstić information content (AvgIpc) is 3.08. The molecule has 0 amide bonds. The zero-order valence-corrected chi connectivity index (χ0v) is 18.8. The summed E-state index contributed by atoms with van der Waals surface area (Å²) in [5.74, 6) is -1.26. The lowest BCUT2D eigenvalue weighted by molar-refractivity contribution is -0.0585. The van der Waals surface area contributed by atoms with Crippen LogP contribution in [0.25, 0.3) is 0 Å². The molecular formula is C24H21ClN2O7. The van der Waals surface area contributed by atoms with E-state index in [-0.39, 0.29) is 6.61 Å². The number of nitrogens with zero attached hydrogens (tertiary/aromatic N) is 1. The summed E-state index contributed by atoms with van der Waals surface area (Å²) in [6, 6.07) is 17.8. The van der Waals surface area contributed by atoms with Gasteiger partial charge in [0.25, 0.3) is 5.56 Å². The number of halogens is 1. The molecule has 9 nitrogen and oxygen atoms in total. The van der Waals surface area contributed by atoms with Crippen LogP contribution in [-0.4, -0.2) is 45.2 Å². The van der Waals surface area contributed by atoms with Gasteiger partial charge in [-0.25, -0.2) is 14.4 Å². The highest BCUT2D eigenvalue weighted by Gasteiger charge is 2.56. The molecule has 0 spiro atoms. The maximum atomic E-state index is 12.8. The van der Waals surface area contributed by atoms with E-state index in [1.165, 1.54) is 6.20 Å². The Morgan fingerprint density at radius 1 is 1.00 bits per heavy atom. The van der Waals surface area contributed by atoms with Gasteiger partial charge in [-0.2, -0.15) is 0 Å². The van der Waals surface area contributed by atoms with E-state index in [2.05, 4.69) is 4.98 Å². The molecule has 1 saturated heterocycles. The van der Waals surface area contributed by atoms with Gasteiger partial charge in [-0.05, 0) is 31.2 Å². The van der Waals surface area contributed by atoms with Crippen LogP contribution in [0.5, 0.6) is 0 Å². The third-order valence-corrected chi connectivity index (χ3v) is 5.82. The standard InChI is InChI=1S/C24H21ClN2O7/c1-24(25)19(34-21(30)16-10-6-3-7-11-16)17(14-32-20(29)15-8-4-2-5-9-15)33-22(24)27-13-12-18(28)26-23(27)31/h2-13,17,19,22H,14H2,1H3,(H,26,28,31)/t17-,19-,22-,24-/m1/s1. The van der Waals surface area contributed by atoms with Crippen molar-refractivity contribution in [3.63, 3.8) is 0 Å². The molecule has 0 radical (unpaired) electrons. The predicted molar refractivity (Wildman–Crippen MR) is 122 cm³/mol. The second kappa shape index (κ2) is 9.66. The first kappa shape index (κ1) is 23.5. The molecule has 3 aromatic rings. The van der Waals surface area contributed by atoms with Gasteiger partial charge >= 0.3 is 17.6 Å². The monoisotopic (exact) mass is 484 g/mol. The smallest absolute Gasteiger partial charge is 0.338 e. The maximum Gasteiger partial charge on any atom is 0.338 e. The lowest BCUT2D eigenvalue weighted by Crippen LogP contribution is -2.45. The zero-order valence-electron chi connectivity index (χ0n) is 18.1. The van der Waals surface area contributed by atoms with Crippen LogP contribution in [-0.2, 0) is 14.2 Å². The molecule has 0 unspecified atom stereocenters. The first-order valence-electron chi connectivity index (χ1n) is 10.4. The molecule has 0 bridgehead atoms. The largest absolute Gasteiger partial charge is 0.459 e. The van der Waals surface area contributed by atoms with E-state index in [0.717, 1.165) is 10.6 Å². The Bertz CT molecular complexity index is 1290. The van der Waals surface area contributed by atoms with Crippen molar-refractivity contribution >= 4 is 23.5 Å². The quantitative estimate of drug-likeness (QED) is 0.422. The number of hydrogen-bond acceptors (Lipinski definition) is 7. The van der Waals surface area contributed by atoms with Crippen LogP contribution in [0, 0.1) is 0 Å². The molecule has 4 atom stereocenters. The Morgan fingerprint density at radius 2 is 1.59 bits per heavy atom. The van der Waals surface area contributed by atoms with Crippen LogP contribution in [0.1, 0.15) is 33.9 Å². The van der Waals surface area contributed by atoms with Crippen LogP contribution in [0.4, 0.5) is 0 Å². The number of alkyl halides is 1. The van der Waals surface area contributed by atoms with E-state index >= 15 is 0 Å². The Balaban J connectivity index is 1.62. The number of rotatable bonds is 6. The summed E-state index contributed by atoms with van der Waals surface area (Å²) in [7, 11) is 0. The van der Waals surface area contributed by atoms with Crippen molar-refractivity contribution in [3.8, 4) is 0 Å². The van der Waals surface area contributed by atoms with Crippen molar-refractivity contribution in [2.75, 3.05) is 6.61 Å². The highest BCUT2D eigenvalue weighted by Crippen LogP contribution is 2.44. The number of benzene rings is 2. The van der Waals surface area contributed by atoms with Gasteiger partial charge in [0.05, 0.1) is 11.1 Å². The van der Waals surface area contributed by atoms with Gasteiger partial charge in [0.1, 0.15) is 17.6 Å². The van der Waals surface area contributed by atoms with E-state index in [0.29, 0.717) is 11.1 Å². The Labute approximate surface area is 198 Å². The number of aromatic nitrogens is 2. The molecule has 0 aliphatic carbocycles. The summed E-state index contributed by atoms with van der Waals surface area (Å²) in [6.07, 6.45) is -1.99. The first-order chi connectivity index (χ1) is 16.3. The minimum atomic E-state index is -1.45. The van der Waals surface area contributed by atoms with Crippen LogP contribution in [0.2, 0.25) is 0 Å². The normalized spacial score (nSPS) is 23.9. The van der Waals surface area contributed by atoms with Crippen molar-refractivity contribution < 1.29 is 23.8 Å². The molecule has 1 N–H and O–H groups in total. The van der Waals surface area contributed by atoms with E-state index in [1.54, 1.807) is 67.6 Å². The molecule has 2 heterocycles. The summed E-state index contributed by atoms with van der Waals surface area (Å²) in [5, 5.41) is 0. The maximum absolute atomic E-state index is 12.8. The molecule has 176 valence electrons. The predicted octanol–water partition coefficient (Wildman–Crippen LogP) is 2.51. The number of esters is 2. The van der Waals surface area contributed by atoms with E-state index < -0.39 is 46.5 Å². The molecule has 10 heteroatoms. The summed E-state index contributed by atoms with van der Waals surface area (Å²) < 4.78 is 18.2. The molecule has 1 aromatic heterocycles. The molecular weight excluding hydrogens is 464 g/mol. The second-order valence-electron chi connectivity index (χ2n) is 7.85. The molecule has 1 aliphatic heterocycles. The molecule has 0 saturated carbocycles.